The number of hydrogen-bond acceptors (Lipinski definition) is 19. The van der Waals surface area contributed by atoms with Crippen LogP contribution < -0.4 is 5.32 Å². The summed E-state index contributed by atoms with van der Waals surface area (Å²) in [5, 5.41) is 135. The van der Waals surface area contributed by atoms with Gasteiger partial charge in [0.1, 0.15) is 91.7 Å². The van der Waals surface area contributed by atoms with Crippen molar-refractivity contribution in [2.24, 2.45) is 0 Å². The Labute approximate surface area is 250 Å². The molecule has 1 aliphatic carbocycles. The zero-order valence-corrected chi connectivity index (χ0v) is 23.5. The summed E-state index contributed by atoms with van der Waals surface area (Å²) in [6, 6.07) is -1.21. The maximum atomic E-state index is 10.9. The highest BCUT2D eigenvalue weighted by Gasteiger charge is 2.52. The molecule has 3 aliphatic heterocycles. The number of rotatable bonds is 9. The van der Waals surface area contributed by atoms with Gasteiger partial charge in [0.15, 0.2) is 12.6 Å². The smallest absolute Gasteiger partial charge is 0.187 e. The van der Waals surface area contributed by atoms with E-state index in [1.54, 1.807) is 0 Å². The minimum Gasteiger partial charge on any atom is -0.394 e. The molecule has 0 unspecified atom stereocenters. The summed E-state index contributed by atoms with van der Waals surface area (Å²) >= 11 is 0. The predicted molar refractivity (Wildman–Crippen MR) is 138 cm³/mol. The van der Waals surface area contributed by atoms with E-state index in [0.29, 0.717) is 0 Å². The lowest BCUT2D eigenvalue weighted by Gasteiger charge is -2.47. The lowest BCUT2D eigenvalue weighted by molar-refractivity contribution is -0.356. The first kappa shape index (κ1) is 35.8. The SMILES string of the molecule is C[C@H]1O[C@H](O[C@H]2[C@H](O)[C@@H](O)[C@H](O)O[C@@H]2CO)[C@H](O)[C@@H](O)[C@@H]1O[C@@H]1C(CO)=C[C@H](N[C@H]2O[C@H](CO)[C@@H](O)[C@H](O)[C@H]2O)[C@H](O)[C@H]1O. The topological polar surface area (TPSA) is 321 Å². The van der Waals surface area contributed by atoms with Gasteiger partial charge in [-0.2, -0.15) is 0 Å². The van der Waals surface area contributed by atoms with Crippen molar-refractivity contribution >= 4 is 0 Å². The van der Waals surface area contributed by atoms with Crippen molar-refractivity contribution in [3.8, 4) is 0 Å². The van der Waals surface area contributed by atoms with Crippen molar-refractivity contribution in [2.75, 3.05) is 19.8 Å². The number of ether oxygens (including phenoxy) is 5. The van der Waals surface area contributed by atoms with Gasteiger partial charge in [0.05, 0.1) is 32.0 Å². The molecule has 3 saturated heterocycles. The molecule has 0 aromatic heterocycles. The lowest BCUT2D eigenvalue weighted by atomic mass is 9.87. The fourth-order valence-corrected chi connectivity index (χ4v) is 5.79. The molecule has 14 N–H and O–H groups in total. The van der Waals surface area contributed by atoms with Crippen LogP contribution >= 0.6 is 0 Å². The van der Waals surface area contributed by atoms with Crippen LogP contribution in [0.25, 0.3) is 0 Å². The fourth-order valence-electron chi connectivity index (χ4n) is 5.79. The van der Waals surface area contributed by atoms with E-state index < -0.39 is 136 Å². The molecule has 44 heavy (non-hydrogen) atoms. The monoisotopic (exact) mass is 645 g/mol. The molecule has 0 amide bonds. The van der Waals surface area contributed by atoms with Crippen molar-refractivity contribution in [3.63, 3.8) is 0 Å². The molecule has 0 radical (unpaired) electrons. The molecule has 3 heterocycles. The predicted octanol–water partition coefficient (Wildman–Crippen LogP) is -8.56. The summed E-state index contributed by atoms with van der Waals surface area (Å²) in [6.45, 7) is -0.757. The molecular weight excluding hydrogens is 602 g/mol. The number of aliphatic hydroxyl groups is 13. The van der Waals surface area contributed by atoms with Gasteiger partial charge in [-0.05, 0) is 12.5 Å². The van der Waals surface area contributed by atoms with Crippen molar-refractivity contribution in [1.29, 1.82) is 0 Å². The third-order valence-electron chi connectivity index (χ3n) is 8.43. The van der Waals surface area contributed by atoms with Gasteiger partial charge in [-0.3, -0.25) is 5.32 Å². The van der Waals surface area contributed by atoms with Crippen LogP contribution in [-0.2, 0) is 23.7 Å². The van der Waals surface area contributed by atoms with Crippen LogP contribution in [0.1, 0.15) is 6.92 Å². The van der Waals surface area contributed by atoms with E-state index in [-0.39, 0.29) is 5.57 Å². The third kappa shape index (κ3) is 6.96. The highest BCUT2D eigenvalue weighted by atomic mass is 16.7. The molecule has 0 aromatic rings. The van der Waals surface area contributed by atoms with E-state index in [1.165, 1.54) is 13.0 Å². The molecule has 4 aliphatic rings. The van der Waals surface area contributed by atoms with E-state index in [1.807, 2.05) is 0 Å². The molecule has 19 heteroatoms. The van der Waals surface area contributed by atoms with Gasteiger partial charge in [-0.1, -0.05) is 6.08 Å². The average molecular weight is 646 g/mol. The summed E-state index contributed by atoms with van der Waals surface area (Å²) in [5.74, 6) is 0. The number of aliphatic hydroxyl groups excluding tert-OH is 13. The maximum Gasteiger partial charge on any atom is 0.187 e. The van der Waals surface area contributed by atoms with Crippen LogP contribution in [0.4, 0.5) is 0 Å². The first-order valence-electron chi connectivity index (χ1n) is 14.1. The average Bonchev–Trinajstić information content (AvgIpc) is 3.00. The van der Waals surface area contributed by atoms with Gasteiger partial charge >= 0.3 is 0 Å². The molecule has 19 nitrogen and oxygen atoms in total. The molecule has 0 aromatic carbocycles. The van der Waals surface area contributed by atoms with Gasteiger partial charge in [-0.25, -0.2) is 0 Å². The Morgan fingerprint density at radius 2 is 1.27 bits per heavy atom. The zero-order valence-electron chi connectivity index (χ0n) is 23.5. The van der Waals surface area contributed by atoms with Crippen LogP contribution in [0.15, 0.2) is 11.6 Å². The minimum atomic E-state index is -1.86. The molecule has 0 saturated carbocycles. The van der Waals surface area contributed by atoms with E-state index in [9.17, 15) is 66.4 Å². The first-order valence-corrected chi connectivity index (χ1v) is 14.1. The summed E-state index contributed by atoms with van der Waals surface area (Å²) < 4.78 is 27.4. The maximum absolute atomic E-state index is 10.9. The largest absolute Gasteiger partial charge is 0.394 e. The summed E-state index contributed by atoms with van der Waals surface area (Å²) in [7, 11) is 0. The Kier molecular flexibility index (Phi) is 12.1. The molecular formula is C25H43NO18. The Bertz CT molecular complexity index is 958. The van der Waals surface area contributed by atoms with Gasteiger partial charge < -0.3 is 90.1 Å². The summed E-state index contributed by atoms with van der Waals surface area (Å²) in [6.07, 6.45) is -27.4. The second-order valence-corrected chi connectivity index (χ2v) is 11.4. The van der Waals surface area contributed by atoms with Gasteiger partial charge in [0, 0.05) is 0 Å². The highest BCUT2D eigenvalue weighted by Crippen LogP contribution is 2.33. The molecule has 0 spiro atoms. The van der Waals surface area contributed by atoms with Crippen molar-refractivity contribution in [1.82, 2.24) is 5.32 Å². The van der Waals surface area contributed by atoms with Crippen molar-refractivity contribution in [3.05, 3.63) is 11.6 Å². The van der Waals surface area contributed by atoms with Crippen LogP contribution in [0.5, 0.6) is 0 Å². The zero-order chi connectivity index (χ0) is 32.6. The third-order valence-corrected chi connectivity index (χ3v) is 8.43. The minimum absolute atomic E-state index is 0.00189. The van der Waals surface area contributed by atoms with Crippen LogP contribution in [-0.4, -0.2) is 203 Å². The molecule has 256 valence electrons. The molecule has 3 fully saturated rings. The van der Waals surface area contributed by atoms with Gasteiger partial charge in [-0.15, -0.1) is 0 Å². The Balaban J connectivity index is 1.45. The Morgan fingerprint density at radius 1 is 0.636 bits per heavy atom. The number of hydrogen-bond donors (Lipinski definition) is 14. The van der Waals surface area contributed by atoms with Crippen molar-refractivity contribution < 1.29 is 90.1 Å². The van der Waals surface area contributed by atoms with Crippen LogP contribution in [0.3, 0.4) is 0 Å². The van der Waals surface area contributed by atoms with Gasteiger partial charge in [0.2, 0.25) is 0 Å². The summed E-state index contributed by atoms with van der Waals surface area (Å²) in [4.78, 5) is 0. The first-order chi connectivity index (χ1) is 20.7. The lowest BCUT2D eigenvalue weighted by Crippen LogP contribution is -2.67. The van der Waals surface area contributed by atoms with E-state index in [0.717, 1.165) is 0 Å². The Hall–Kier alpha value is -1.02. The fraction of sp³-hybridized carbons (Fsp3) is 0.920. The molecule has 4 rings (SSSR count). The number of nitrogens with one attached hydrogen (secondary N) is 1. The summed E-state index contributed by atoms with van der Waals surface area (Å²) in [5.41, 5.74) is -0.00189. The molecule has 19 atom stereocenters. The second kappa shape index (κ2) is 14.8. The second-order valence-electron chi connectivity index (χ2n) is 11.4. The quantitative estimate of drug-likeness (QED) is 0.103. The highest BCUT2D eigenvalue weighted by molar-refractivity contribution is 5.23. The van der Waals surface area contributed by atoms with Gasteiger partial charge in [0.25, 0.3) is 0 Å². The van der Waals surface area contributed by atoms with E-state index in [4.69, 9.17) is 23.7 Å². The Morgan fingerprint density at radius 3 is 1.89 bits per heavy atom. The van der Waals surface area contributed by atoms with Crippen LogP contribution in [0, 0.1) is 0 Å². The van der Waals surface area contributed by atoms with Crippen molar-refractivity contribution in [2.45, 2.75) is 123 Å². The normalized spacial score (nSPS) is 52.0. The standard InChI is InChI=1S/C25H43NO18/c1-6-20(16(35)19(38)25(40-6)44-22-10(5-29)42-24(39)18(37)15(22)34)43-21-7(3-27)2-8(11(30)14(21)33)26-23-17(36)13(32)12(31)9(4-28)41-23/h2,6,8-39H,3-5H2,1H3/t6-,8+,9-,10-,11+,12-,13+,14-,15-,16-,17-,18-,19-,20-,21-,22-,23+,24-,25-/m1/s1. The van der Waals surface area contributed by atoms with E-state index in [2.05, 4.69) is 5.32 Å². The molecule has 0 bridgehead atoms. The van der Waals surface area contributed by atoms with E-state index >= 15 is 0 Å². The van der Waals surface area contributed by atoms with Crippen LogP contribution in [0.2, 0.25) is 0 Å².